The van der Waals surface area contributed by atoms with Crippen molar-refractivity contribution in [1.82, 2.24) is 9.88 Å². The summed E-state index contributed by atoms with van der Waals surface area (Å²) in [5.41, 5.74) is 1.04. The van der Waals surface area contributed by atoms with E-state index >= 15 is 0 Å². The zero-order valence-corrected chi connectivity index (χ0v) is 16.4. The number of halogens is 1. The van der Waals surface area contributed by atoms with Crippen molar-refractivity contribution in [2.24, 2.45) is 5.92 Å². The van der Waals surface area contributed by atoms with E-state index in [1.54, 1.807) is 0 Å². The summed E-state index contributed by atoms with van der Waals surface area (Å²) in [4.78, 5) is 20.3. The van der Waals surface area contributed by atoms with Gasteiger partial charge in [0.25, 0.3) is 5.91 Å². The van der Waals surface area contributed by atoms with Crippen molar-refractivity contribution in [3.8, 4) is 10.6 Å². The normalized spacial score (nSPS) is 25.8. The maximum Gasteiger partial charge on any atom is 0.265 e. The topological polar surface area (TPSA) is 53.4 Å². The van der Waals surface area contributed by atoms with Crippen LogP contribution < -0.4 is 0 Å². The van der Waals surface area contributed by atoms with E-state index in [0.29, 0.717) is 29.4 Å². The average molecular weight is 391 g/mol. The second kappa shape index (κ2) is 6.95. The fourth-order valence-corrected chi connectivity index (χ4v) is 5.60. The van der Waals surface area contributed by atoms with Crippen LogP contribution in [0.15, 0.2) is 24.3 Å². The Hall–Kier alpha value is -1.43. The highest BCUT2D eigenvalue weighted by Gasteiger charge is 2.44. The lowest BCUT2D eigenvalue weighted by Crippen LogP contribution is -2.54. The molecule has 1 saturated heterocycles. The molecule has 4 rings (SSSR count). The Morgan fingerprint density at radius 3 is 2.96 bits per heavy atom. The Bertz CT molecular complexity index is 837. The molecule has 1 aromatic carbocycles. The Morgan fingerprint density at radius 2 is 2.15 bits per heavy atom. The van der Waals surface area contributed by atoms with Gasteiger partial charge in [0.05, 0.1) is 16.3 Å². The van der Waals surface area contributed by atoms with E-state index < -0.39 is 5.60 Å². The van der Waals surface area contributed by atoms with Crippen molar-refractivity contribution in [3.63, 3.8) is 0 Å². The highest BCUT2D eigenvalue weighted by atomic mass is 35.5. The van der Waals surface area contributed by atoms with Gasteiger partial charge in [-0.2, -0.15) is 0 Å². The van der Waals surface area contributed by atoms with E-state index in [9.17, 15) is 9.90 Å². The molecule has 138 valence electrons. The molecule has 4 nitrogen and oxygen atoms in total. The molecule has 0 bridgehead atoms. The second-order valence-electron chi connectivity index (χ2n) is 7.46. The fraction of sp³-hybridized carbons (Fsp3) is 0.500. The molecule has 6 heteroatoms. The number of fused-ring (bicyclic) bond motifs is 1. The van der Waals surface area contributed by atoms with Gasteiger partial charge >= 0.3 is 0 Å². The molecular formula is C20H23ClN2O2S. The molecule has 1 aliphatic heterocycles. The summed E-state index contributed by atoms with van der Waals surface area (Å²) in [6.45, 7) is 3.14. The molecule has 2 heterocycles. The maximum absolute atomic E-state index is 13.1. The number of amides is 1. The number of piperidine rings is 1. The van der Waals surface area contributed by atoms with Crippen LogP contribution in [-0.2, 0) is 0 Å². The number of aromatic nitrogens is 1. The Kier molecular flexibility index (Phi) is 4.80. The summed E-state index contributed by atoms with van der Waals surface area (Å²) in [5.74, 6) is 0.233. The summed E-state index contributed by atoms with van der Waals surface area (Å²) in [6, 6.07) is 7.58. The van der Waals surface area contributed by atoms with Crippen LogP contribution in [0.1, 0.15) is 47.5 Å². The first-order chi connectivity index (χ1) is 12.5. The van der Waals surface area contributed by atoms with Gasteiger partial charge in [-0.25, -0.2) is 4.98 Å². The van der Waals surface area contributed by atoms with Crippen molar-refractivity contribution in [3.05, 3.63) is 39.9 Å². The molecule has 1 saturated carbocycles. The zero-order chi connectivity index (χ0) is 18.3. The van der Waals surface area contributed by atoms with E-state index in [2.05, 4.69) is 4.98 Å². The number of aryl methyl sites for hydroxylation is 1. The number of carbonyl (C=O) groups excluding carboxylic acids is 1. The number of hydrogen-bond donors (Lipinski definition) is 1. The Balaban J connectivity index is 1.57. The van der Waals surface area contributed by atoms with Crippen molar-refractivity contribution in [2.45, 2.75) is 44.6 Å². The first-order valence-corrected chi connectivity index (χ1v) is 10.4. The largest absolute Gasteiger partial charge is 0.389 e. The molecule has 0 unspecified atom stereocenters. The minimum atomic E-state index is -0.569. The number of aliphatic hydroxyl groups is 1. The highest BCUT2D eigenvalue weighted by Crippen LogP contribution is 2.41. The highest BCUT2D eigenvalue weighted by molar-refractivity contribution is 7.17. The van der Waals surface area contributed by atoms with Crippen LogP contribution in [0, 0.1) is 12.8 Å². The number of likely N-dealkylation sites (tertiary alicyclic amines) is 1. The van der Waals surface area contributed by atoms with Gasteiger partial charge in [0.15, 0.2) is 0 Å². The quantitative estimate of drug-likeness (QED) is 0.819. The van der Waals surface area contributed by atoms with Gasteiger partial charge in [0.2, 0.25) is 0 Å². The smallest absolute Gasteiger partial charge is 0.265 e. The van der Waals surface area contributed by atoms with Crippen LogP contribution in [0.25, 0.3) is 10.6 Å². The molecule has 1 aliphatic carbocycles. The number of nitrogens with zero attached hydrogens (tertiary/aromatic N) is 2. The zero-order valence-electron chi connectivity index (χ0n) is 14.9. The SMILES string of the molecule is Cc1nc(-c2ccccc2Cl)sc1C(=O)N1CC[C@]2(O)CCCC[C@H]2C1. The van der Waals surface area contributed by atoms with E-state index in [4.69, 9.17) is 11.6 Å². The van der Waals surface area contributed by atoms with Crippen LogP contribution in [0.3, 0.4) is 0 Å². The van der Waals surface area contributed by atoms with Crippen molar-refractivity contribution >= 4 is 28.8 Å². The lowest BCUT2D eigenvalue weighted by molar-refractivity contribution is -0.0885. The van der Waals surface area contributed by atoms with Gasteiger partial charge in [0.1, 0.15) is 9.88 Å². The Morgan fingerprint density at radius 1 is 1.35 bits per heavy atom. The van der Waals surface area contributed by atoms with Crippen molar-refractivity contribution < 1.29 is 9.90 Å². The first-order valence-electron chi connectivity index (χ1n) is 9.22. The number of benzene rings is 1. The van der Waals surface area contributed by atoms with Crippen LogP contribution >= 0.6 is 22.9 Å². The minimum absolute atomic E-state index is 0.0333. The number of carbonyl (C=O) groups is 1. The molecule has 0 spiro atoms. The van der Waals surface area contributed by atoms with Gasteiger partial charge in [-0.15, -0.1) is 11.3 Å². The molecule has 1 N–H and O–H groups in total. The third kappa shape index (κ3) is 3.17. The van der Waals surface area contributed by atoms with Crippen LogP contribution in [-0.4, -0.2) is 39.6 Å². The van der Waals surface area contributed by atoms with Crippen molar-refractivity contribution in [2.75, 3.05) is 13.1 Å². The van der Waals surface area contributed by atoms with E-state index in [0.717, 1.165) is 41.9 Å². The molecular weight excluding hydrogens is 368 g/mol. The van der Waals surface area contributed by atoms with Gasteiger partial charge < -0.3 is 10.0 Å². The number of hydrogen-bond acceptors (Lipinski definition) is 4. The number of thiazole rings is 1. The standard InChI is InChI=1S/C20H23ClN2O2S/c1-13-17(26-18(22-13)15-7-2-3-8-16(15)21)19(24)23-11-10-20(25)9-5-4-6-14(20)12-23/h2-3,7-8,14,25H,4-6,9-12H2,1H3/t14-,20+/m0/s1. The summed E-state index contributed by atoms with van der Waals surface area (Å²) >= 11 is 7.69. The van der Waals surface area contributed by atoms with Crippen LogP contribution in [0.5, 0.6) is 0 Å². The molecule has 2 fully saturated rings. The number of rotatable bonds is 2. The average Bonchev–Trinajstić information content (AvgIpc) is 3.02. The lowest BCUT2D eigenvalue weighted by atomic mass is 9.71. The molecule has 2 aromatic rings. The van der Waals surface area contributed by atoms with E-state index in [1.807, 2.05) is 36.1 Å². The summed E-state index contributed by atoms with van der Waals surface area (Å²) < 4.78 is 0. The molecule has 26 heavy (non-hydrogen) atoms. The molecule has 2 atom stereocenters. The van der Waals surface area contributed by atoms with Crippen LogP contribution in [0.2, 0.25) is 5.02 Å². The second-order valence-corrected chi connectivity index (χ2v) is 8.87. The molecule has 0 radical (unpaired) electrons. The third-order valence-electron chi connectivity index (χ3n) is 5.81. The molecule has 2 aliphatic rings. The first kappa shape index (κ1) is 18.0. The summed E-state index contributed by atoms with van der Waals surface area (Å²) in [6.07, 6.45) is 4.79. The van der Waals surface area contributed by atoms with Gasteiger partial charge in [-0.05, 0) is 32.3 Å². The molecule has 1 amide bonds. The summed E-state index contributed by atoms with van der Waals surface area (Å²) in [7, 11) is 0. The minimum Gasteiger partial charge on any atom is -0.389 e. The van der Waals surface area contributed by atoms with E-state index in [1.165, 1.54) is 11.3 Å². The predicted molar refractivity (Wildman–Crippen MR) is 105 cm³/mol. The predicted octanol–water partition coefficient (Wildman–Crippen LogP) is 4.54. The fourth-order valence-electron chi connectivity index (χ4n) is 4.24. The van der Waals surface area contributed by atoms with Gasteiger partial charge in [0, 0.05) is 24.6 Å². The lowest BCUT2D eigenvalue weighted by Gasteiger charge is -2.47. The monoisotopic (exact) mass is 390 g/mol. The molecule has 1 aromatic heterocycles. The van der Waals surface area contributed by atoms with Gasteiger partial charge in [-0.1, -0.05) is 42.6 Å². The van der Waals surface area contributed by atoms with Crippen LogP contribution in [0.4, 0.5) is 0 Å². The van der Waals surface area contributed by atoms with Crippen molar-refractivity contribution in [1.29, 1.82) is 0 Å². The maximum atomic E-state index is 13.1. The van der Waals surface area contributed by atoms with E-state index in [-0.39, 0.29) is 11.8 Å². The van der Waals surface area contributed by atoms with Gasteiger partial charge in [-0.3, -0.25) is 4.79 Å². The summed E-state index contributed by atoms with van der Waals surface area (Å²) in [5, 5.41) is 12.3. The third-order valence-corrected chi connectivity index (χ3v) is 7.32. The Labute approximate surface area is 162 Å².